The zero-order valence-electron chi connectivity index (χ0n) is 11.4. The van der Waals surface area contributed by atoms with Crippen LogP contribution in [0, 0.1) is 11.8 Å². The molecular formula is C17H25N. The minimum atomic E-state index is 0.534. The molecule has 0 saturated heterocycles. The molecule has 0 saturated carbocycles. The van der Waals surface area contributed by atoms with Crippen molar-refractivity contribution in [3.05, 3.63) is 60.8 Å². The van der Waals surface area contributed by atoms with E-state index in [2.05, 4.69) is 56.0 Å². The summed E-state index contributed by atoms with van der Waals surface area (Å²) in [7, 11) is 0. The van der Waals surface area contributed by atoms with Crippen LogP contribution in [0.4, 0.5) is 0 Å². The van der Waals surface area contributed by atoms with E-state index in [0.29, 0.717) is 11.8 Å². The molecule has 0 aromatic carbocycles. The molecule has 2 unspecified atom stereocenters. The van der Waals surface area contributed by atoms with Crippen molar-refractivity contribution in [2.45, 2.75) is 26.2 Å². The highest BCUT2D eigenvalue weighted by atomic mass is 14.5. The smallest absolute Gasteiger partial charge is 0.00126 e. The largest absolute Gasteiger partial charge is 0.330 e. The molecule has 1 rings (SSSR count). The number of nitrogens with two attached hydrogens (primary N) is 1. The third-order valence-corrected chi connectivity index (χ3v) is 3.38. The fourth-order valence-corrected chi connectivity index (χ4v) is 2.23. The van der Waals surface area contributed by atoms with Gasteiger partial charge in [-0.25, -0.2) is 0 Å². The fraction of sp³-hybridized carbons (Fsp3) is 0.412. The van der Waals surface area contributed by atoms with Gasteiger partial charge < -0.3 is 5.73 Å². The van der Waals surface area contributed by atoms with Crippen molar-refractivity contribution in [2.24, 2.45) is 17.6 Å². The highest BCUT2D eigenvalue weighted by Gasteiger charge is 2.07. The lowest BCUT2D eigenvalue weighted by Gasteiger charge is -2.14. The van der Waals surface area contributed by atoms with Crippen LogP contribution in [0.3, 0.4) is 0 Å². The van der Waals surface area contributed by atoms with Gasteiger partial charge in [-0.05, 0) is 43.2 Å². The van der Waals surface area contributed by atoms with E-state index in [-0.39, 0.29) is 0 Å². The molecule has 1 heteroatoms. The van der Waals surface area contributed by atoms with Gasteiger partial charge in [-0.2, -0.15) is 0 Å². The molecule has 0 radical (unpaired) electrons. The summed E-state index contributed by atoms with van der Waals surface area (Å²) in [6, 6.07) is 0. The SMILES string of the molecule is C=C/C(=C\C=C\C1C=CC=CC1)C(CC)CCN. The van der Waals surface area contributed by atoms with Gasteiger partial charge in [0, 0.05) is 0 Å². The Morgan fingerprint density at radius 3 is 2.89 bits per heavy atom. The maximum absolute atomic E-state index is 5.65. The van der Waals surface area contributed by atoms with Crippen molar-refractivity contribution < 1.29 is 0 Å². The van der Waals surface area contributed by atoms with Gasteiger partial charge >= 0.3 is 0 Å². The van der Waals surface area contributed by atoms with Crippen LogP contribution in [-0.4, -0.2) is 6.54 Å². The normalized spacial score (nSPS) is 21.4. The van der Waals surface area contributed by atoms with E-state index in [1.54, 1.807) is 0 Å². The van der Waals surface area contributed by atoms with Crippen molar-refractivity contribution in [1.29, 1.82) is 0 Å². The molecule has 0 fully saturated rings. The Labute approximate surface area is 111 Å². The topological polar surface area (TPSA) is 26.0 Å². The van der Waals surface area contributed by atoms with Gasteiger partial charge in [0.25, 0.3) is 0 Å². The molecule has 2 N–H and O–H groups in total. The number of allylic oxidation sites excluding steroid dienone is 9. The summed E-state index contributed by atoms with van der Waals surface area (Å²) in [5.74, 6) is 1.07. The van der Waals surface area contributed by atoms with E-state index in [0.717, 1.165) is 25.8 Å². The summed E-state index contributed by atoms with van der Waals surface area (Å²) in [4.78, 5) is 0. The first-order valence-electron chi connectivity index (χ1n) is 6.86. The van der Waals surface area contributed by atoms with Crippen molar-refractivity contribution in [2.75, 3.05) is 6.54 Å². The molecule has 0 spiro atoms. The van der Waals surface area contributed by atoms with Crippen LogP contribution in [0.1, 0.15) is 26.2 Å². The van der Waals surface area contributed by atoms with Crippen LogP contribution >= 0.6 is 0 Å². The summed E-state index contributed by atoms with van der Waals surface area (Å²) in [6.45, 7) is 6.85. The number of rotatable bonds is 7. The van der Waals surface area contributed by atoms with Gasteiger partial charge in [0.2, 0.25) is 0 Å². The summed E-state index contributed by atoms with van der Waals surface area (Å²) in [5.41, 5.74) is 6.95. The van der Waals surface area contributed by atoms with Crippen molar-refractivity contribution in [1.82, 2.24) is 0 Å². The second-order valence-corrected chi connectivity index (χ2v) is 4.65. The molecule has 1 aliphatic rings. The molecule has 0 bridgehead atoms. The predicted octanol–water partition coefficient (Wildman–Crippen LogP) is 4.16. The second kappa shape index (κ2) is 8.71. The Balaban J connectivity index is 2.60. The monoisotopic (exact) mass is 243 g/mol. The molecule has 18 heavy (non-hydrogen) atoms. The first kappa shape index (κ1) is 14.7. The van der Waals surface area contributed by atoms with Gasteiger partial charge in [0.1, 0.15) is 0 Å². The van der Waals surface area contributed by atoms with E-state index in [1.165, 1.54) is 5.57 Å². The Hall–Kier alpha value is -1.34. The molecule has 1 nitrogen and oxygen atoms in total. The van der Waals surface area contributed by atoms with Crippen LogP contribution in [0.25, 0.3) is 0 Å². The van der Waals surface area contributed by atoms with E-state index in [9.17, 15) is 0 Å². The molecule has 98 valence electrons. The number of hydrogen-bond acceptors (Lipinski definition) is 1. The molecule has 0 aromatic heterocycles. The zero-order valence-corrected chi connectivity index (χ0v) is 11.4. The first-order chi connectivity index (χ1) is 8.81. The lowest BCUT2D eigenvalue weighted by molar-refractivity contribution is 0.561. The van der Waals surface area contributed by atoms with Crippen LogP contribution in [-0.2, 0) is 0 Å². The van der Waals surface area contributed by atoms with E-state index < -0.39 is 0 Å². The average molecular weight is 243 g/mol. The maximum Gasteiger partial charge on any atom is -0.00126 e. The zero-order chi connectivity index (χ0) is 13.2. The minimum Gasteiger partial charge on any atom is -0.330 e. The molecule has 2 atom stereocenters. The van der Waals surface area contributed by atoms with E-state index in [4.69, 9.17) is 5.73 Å². The Morgan fingerprint density at radius 1 is 1.50 bits per heavy atom. The Bertz CT molecular complexity index is 358. The standard InChI is InChI=1S/C17H25N/c1-3-16(17(4-2)13-14-18)12-8-11-15-9-6-5-7-10-15/h3,5-9,11-12,15,17H,1,4,10,13-14,18H2,2H3/b11-8+,16-12+. The summed E-state index contributed by atoms with van der Waals surface area (Å²) in [6.07, 6.45) is 20.5. The molecule has 0 heterocycles. The van der Waals surface area contributed by atoms with Crippen LogP contribution in [0.2, 0.25) is 0 Å². The average Bonchev–Trinajstić information content (AvgIpc) is 2.43. The summed E-state index contributed by atoms with van der Waals surface area (Å²) in [5, 5.41) is 0. The minimum absolute atomic E-state index is 0.534. The molecule has 0 amide bonds. The van der Waals surface area contributed by atoms with Crippen LogP contribution in [0.5, 0.6) is 0 Å². The van der Waals surface area contributed by atoms with Crippen LogP contribution in [0.15, 0.2) is 60.8 Å². The Kier molecular flexibility index (Phi) is 7.12. The lowest BCUT2D eigenvalue weighted by atomic mass is 9.92. The molecule has 0 aromatic rings. The summed E-state index contributed by atoms with van der Waals surface area (Å²) < 4.78 is 0. The highest BCUT2D eigenvalue weighted by Crippen LogP contribution is 2.20. The van der Waals surface area contributed by atoms with Crippen LogP contribution < -0.4 is 5.73 Å². The van der Waals surface area contributed by atoms with E-state index in [1.807, 2.05) is 6.08 Å². The van der Waals surface area contributed by atoms with E-state index >= 15 is 0 Å². The maximum atomic E-state index is 5.65. The molecule has 0 aliphatic heterocycles. The van der Waals surface area contributed by atoms with Gasteiger partial charge in [-0.15, -0.1) is 0 Å². The number of hydrogen-bond donors (Lipinski definition) is 1. The first-order valence-corrected chi connectivity index (χ1v) is 6.86. The van der Waals surface area contributed by atoms with Gasteiger partial charge in [-0.1, -0.05) is 62.1 Å². The second-order valence-electron chi connectivity index (χ2n) is 4.65. The quantitative estimate of drug-likeness (QED) is 0.667. The molecule has 1 aliphatic carbocycles. The van der Waals surface area contributed by atoms with Crippen molar-refractivity contribution >= 4 is 0 Å². The van der Waals surface area contributed by atoms with Crippen molar-refractivity contribution in [3.8, 4) is 0 Å². The predicted molar refractivity (Wildman–Crippen MR) is 81.3 cm³/mol. The Morgan fingerprint density at radius 2 is 2.33 bits per heavy atom. The highest BCUT2D eigenvalue weighted by molar-refractivity contribution is 5.26. The fourth-order valence-electron chi connectivity index (χ4n) is 2.23. The summed E-state index contributed by atoms with van der Waals surface area (Å²) >= 11 is 0. The van der Waals surface area contributed by atoms with Crippen molar-refractivity contribution in [3.63, 3.8) is 0 Å². The van der Waals surface area contributed by atoms with Gasteiger partial charge in [-0.3, -0.25) is 0 Å². The van der Waals surface area contributed by atoms with Gasteiger partial charge in [0.15, 0.2) is 0 Å². The third kappa shape index (κ3) is 4.89. The lowest BCUT2D eigenvalue weighted by Crippen LogP contribution is -2.09. The van der Waals surface area contributed by atoms with Gasteiger partial charge in [0.05, 0.1) is 0 Å². The molecular weight excluding hydrogens is 218 g/mol. The third-order valence-electron chi connectivity index (χ3n) is 3.38.